The molecular weight excluding hydrogens is 394 g/mol. The second kappa shape index (κ2) is 10.1. The van der Waals surface area contributed by atoms with E-state index < -0.39 is 0 Å². The van der Waals surface area contributed by atoms with Crippen LogP contribution in [0.1, 0.15) is 102 Å². The molecule has 0 aliphatic carbocycles. The van der Waals surface area contributed by atoms with Gasteiger partial charge >= 0.3 is 0 Å². The SMILES string of the molecule is CC(C)c1ccc2c(C(C)C)nccc2n1.CC(C)c1cnc2c(C(C)C)nccc2n1. The maximum Gasteiger partial charge on any atom is 0.110 e. The van der Waals surface area contributed by atoms with Gasteiger partial charge in [-0.05, 0) is 47.9 Å². The molecule has 0 aromatic carbocycles. The third kappa shape index (κ3) is 5.26. The van der Waals surface area contributed by atoms with Gasteiger partial charge in [-0.15, -0.1) is 0 Å². The molecule has 0 aliphatic heterocycles. The highest BCUT2D eigenvalue weighted by atomic mass is 14.8. The minimum Gasteiger partial charge on any atom is -0.260 e. The lowest BCUT2D eigenvalue weighted by molar-refractivity contribution is 0.810. The van der Waals surface area contributed by atoms with Crippen molar-refractivity contribution in [3.63, 3.8) is 0 Å². The Bertz CT molecular complexity index is 1100. The molecule has 4 aromatic rings. The zero-order valence-corrected chi connectivity index (χ0v) is 20.6. The van der Waals surface area contributed by atoms with Crippen LogP contribution in [0.25, 0.3) is 21.9 Å². The Balaban J connectivity index is 0.000000181. The molecule has 0 bridgehead atoms. The van der Waals surface area contributed by atoms with Crippen molar-refractivity contribution in [3.8, 4) is 0 Å². The first-order valence-corrected chi connectivity index (χ1v) is 11.6. The van der Waals surface area contributed by atoms with Gasteiger partial charge in [0.1, 0.15) is 5.52 Å². The van der Waals surface area contributed by atoms with Gasteiger partial charge in [0.15, 0.2) is 0 Å². The van der Waals surface area contributed by atoms with Gasteiger partial charge in [0.2, 0.25) is 0 Å². The lowest BCUT2D eigenvalue weighted by atomic mass is 10.0. The highest BCUT2D eigenvalue weighted by Crippen LogP contribution is 2.24. The summed E-state index contributed by atoms with van der Waals surface area (Å²) in [6.45, 7) is 17.2. The fraction of sp³-hybridized carbons (Fsp3) is 0.444. The largest absolute Gasteiger partial charge is 0.260 e. The number of aromatic nitrogens is 5. The van der Waals surface area contributed by atoms with Gasteiger partial charge in [0.25, 0.3) is 0 Å². The van der Waals surface area contributed by atoms with Crippen LogP contribution in [-0.4, -0.2) is 24.9 Å². The van der Waals surface area contributed by atoms with Crippen molar-refractivity contribution < 1.29 is 0 Å². The molecular formula is C27H35N5. The number of rotatable bonds is 4. The van der Waals surface area contributed by atoms with Gasteiger partial charge in [-0.1, -0.05) is 55.4 Å². The topological polar surface area (TPSA) is 64.5 Å². The normalized spacial score (nSPS) is 11.6. The molecule has 0 saturated carbocycles. The molecule has 0 N–H and O–H groups in total. The van der Waals surface area contributed by atoms with Crippen molar-refractivity contribution in [2.75, 3.05) is 0 Å². The molecule has 0 unspecified atom stereocenters. The van der Waals surface area contributed by atoms with E-state index in [0.29, 0.717) is 23.7 Å². The molecule has 0 amide bonds. The fourth-order valence-corrected chi connectivity index (χ4v) is 3.55. The fourth-order valence-electron chi connectivity index (χ4n) is 3.55. The molecule has 168 valence electrons. The first-order valence-electron chi connectivity index (χ1n) is 11.6. The third-order valence-corrected chi connectivity index (χ3v) is 5.45. The van der Waals surface area contributed by atoms with Crippen LogP contribution in [0, 0.1) is 0 Å². The molecule has 5 nitrogen and oxygen atoms in total. The van der Waals surface area contributed by atoms with Gasteiger partial charge in [-0.3, -0.25) is 19.9 Å². The van der Waals surface area contributed by atoms with Crippen LogP contribution in [0.3, 0.4) is 0 Å². The molecule has 0 spiro atoms. The summed E-state index contributed by atoms with van der Waals surface area (Å²) < 4.78 is 0. The molecule has 0 fully saturated rings. The second-order valence-electron chi connectivity index (χ2n) is 9.48. The van der Waals surface area contributed by atoms with E-state index >= 15 is 0 Å². The van der Waals surface area contributed by atoms with Gasteiger partial charge in [-0.25, -0.2) is 4.98 Å². The van der Waals surface area contributed by atoms with Gasteiger partial charge in [-0.2, -0.15) is 0 Å². The molecule has 0 atom stereocenters. The molecule has 0 radical (unpaired) electrons. The van der Waals surface area contributed by atoms with Crippen molar-refractivity contribution in [2.24, 2.45) is 0 Å². The predicted octanol–water partition coefficient (Wildman–Crippen LogP) is 7.15. The molecule has 4 heterocycles. The summed E-state index contributed by atoms with van der Waals surface area (Å²) in [6.07, 6.45) is 5.53. The van der Waals surface area contributed by atoms with Crippen LogP contribution in [0.5, 0.6) is 0 Å². The maximum absolute atomic E-state index is 4.68. The smallest absolute Gasteiger partial charge is 0.110 e. The van der Waals surface area contributed by atoms with E-state index in [0.717, 1.165) is 39.3 Å². The van der Waals surface area contributed by atoms with Crippen LogP contribution in [0.15, 0.2) is 42.9 Å². The van der Waals surface area contributed by atoms with E-state index in [4.69, 9.17) is 0 Å². The van der Waals surface area contributed by atoms with Gasteiger partial charge in [0.05, 0.1) is 28.1 Å². The summed E-state index contributed by atoms with van der Waals surface area (Å²) in [7, 11) is 0. The van der Waals surface area contributed by atoms with Crippen molar-refractivity contribution in [3.05, 3.63) is 65.6 Å². The Hall–Kier alpha value is -2.95. The Morgan fingerprint density at radius 3 is 1.69 bits per heavy atom. The predicted molar refractivity (Wildman–Crippen MR) is 133 cm³/mol. The van der Waals surface area contributed by atoms with E-state index in [2.05, 4.69) is 92.4 Å². The van der Waals surface area contributed by atoms with Crippen LogP contribution in [0.4, 0.5) is 0 Å². The second-order valence-corrected chi connectivity index (χ2v) is 9.48. The highest BCUT2D eigenvalue weighted by Gasteiger charge is 2.11. The van der Waals surface area contributed by atoms with E-state index in [1.165, 1.54) is 5.39 Å². The Labute approximate surface area is 191 Å². The van der Waals surface area contributed by atoms with Crippen molar-refractivity contribution in [2.45, 2.75) is 79.1 Å². The van der Waals surface area contributed by atoms with E-state index in [1.54, 1.807) is 0 Å². The van der Waals surface area contributed by atoms with Crippen LogP contribution >= 0.6 is 0 Å². The van der Waals surface area contributed by atoms with Gasteiger partial charge < -0.3 is 0 Å². The first kappa shape index (κ1) is 23.7. The Kier molecular flexibility index (Phi) is 7.49. The summed E-state index contributed by atoms with van der Waals surface area (Å²) in [6, 6.07) is 8.19. The average molecular weight is 430 g/mol. The summed E-state index contributed by atoms with van der Waals surface area (Å²) in [5.41, 5.74) is 7.29. The van der Waals surface area contributed by atoms with E-state index in [1.807, 2.05) is 30.7 Å². The van der Waals surface area contributed by atoms with Crippen molar-refractivity contribution in [1.29, 1.82) is 0 Å². The molecule has 4 aromatic heterocycles. The highest BCUT2D eigenvalue weighted by molar-refractivity contribution is 5.81. The molecule has 0 saturated heterocycles. The number of hydrogen-bond acceptors (Lipinski definition) is 5. The molecule has 4 rings (SSSR count). The van der Waals surface area contributed by atoms with Crippen molar-refractivity contribution >= 4 is 21.9 Å². The molecule has 5 heteroatoms. The summed E-state index contributed by atoms with van der Waals surface area (Å²) in [4.78, 5) is 22.6. The number of fused-ring (bicyclic) bond motifs is 2. The molecule has 32 heavy (non-hydrogen) atoms. The lowest BCUT2D eigenvalue weighted by Gasteiger charge is -2.10. The van der Waals surface area contributed by atoms with Gasteiger partial charge in [0, 0.05) is 29.7 Å². The number of nitrogens with zero attached hydrogens (tertiary/aromatic N) is 5. The van der Waals surface area contributed by atoms with E-state index in [-0.39, 0.29) is 0 Å². The van der Waals surface area contributed by atoms with E-state index in [9.17, 15) is 0 Å². The zero-order chi connectivity index (χ0) is 23.4. The lowest BCUT2D eigenvalue weighted by Crippen LogP contribution is -2.00. The van der Waals surface area contributed by atoms with Crippen LogP contribution in [0.2, 0.25) is 0 Å². The standard InChI is InChI=1S/C14H18N2.C13H17N3/c1-9(2)12-6-5-11-13(16-12)7-8-15-14(11)10(3)4;1-8(2)11-7-15-13-10(16-11)5-6-14-12(13)9(3)4/h5-10H,1-4H3;5-9H,1-4H3. The maximum atomic E-state index is 4.68. The van der Waals surface area contributed by atoms with Crippen LogP contribution in [-0.2, 0) is 0 Å². The molecule has 0 aliphatic rings. The summed E-state index contributed by atoms with van der Waals surface area (Å²) in [5, 5.41) is 1.18. The first-order chi connectivity index (χ1) is 15.2. The number of hydrogen-bond donors (Lipinski definition) is 0. The number of pyridine rings is 3. The quantitative estimate of drug-likeness (QED) is 0.345. The minimum absolute atomic E-state index is 0.378. The van der Waals surface area contributed by atoms with Crippen molar-refractivity contribution in [1.82, 2.24) is 24.9 Å². The minimum atomic E-state index is 0.378. The third-order valence-electron chi connectivity index (χ3n) is 5.45. The zero-order valence-electron chi connectivity index (χ0n) is 20.6. The average Bonchev–Trinajstić information content (AvgIpc) is 2.77. The summed E-state index contributed by atoms with van der Waals surface area (Å²) >= 11 is 0. The van der Waals surface area contributed by atoms with Crippen LogP contribution < -0.4 is 0 Å². The monoisotopic (exact) mass is 429 g/mol. The summed E-state index contributed by atoms with van der Waals surface area (Å²) in [5.74, 6) is 1.70. The Morgan fingerprint density at radius 2 is 1.09 bits per heavy atom. The Morgan fingerprint density at radius 1 is 0.531 bits per heavy atom.